The van der Waals surface area contributed by atoms with Gasteiger partial charge in [-0.15, -0.1) is 0 Å². The smallest absolute Gasteiger partial charge is 0.339 e. The fourth-order valence-corrected chi connectivity index (χ4v) is 1.31. The Bertz CT molecular complexity index is 370. The number of hydrogen-bond donors (Lipinski definition) is 1. The SMILES string of the molecule is CCOC(=O)Cc1c[nH]cc1C(=O)OCC. The third kappa shape index (κ3) is 3.12. The van der Waals surface area contributed by atoms with Gasteiger partial charge < -0.3 is 14.5 Å². The van der Waals surface area contributed by atoms with Gasteiger partial charge in [-0.25, -0.2) is 4.79 Å². The zero-order chi connectivity index (χ0) is 12.0. The lowest BCUT2D eigenvalue weighted by molar-refractivity contribution is -0.142. The van der Waals surface area contributed by atoms with E-state index in [-0.39, 0.29) is 12.4 Å². The summed E-state index contributed by atoms with van der Waals surface area (Å²) in [4.78, 5) is 25.5. The maximum atomic E-state index is 11.5. The van der Waals surface area contributed by atoms with Crippen molar-refractivity contribution < 1.29 is 19.1 Å². The van der Waals surface area contributed by atoms with E-state index in [0.717, 1.165) is 0 Å². The quantitative estimate of drug-likeness (QED) is 0.767. The first-order valence-corrected chi connectivity index (χ1v) is 5.17. The molecule has 0 aromatic carbocycles. The van der Waals surface area contributed by atoms with E-state index in [1.807, 2.05) is 0 Å². The van der Waals surface area contributed by atoms with Gasteiger partial charge in [0, 0.05) is 12.4 Å². The van der Waals surface area contributed by atoms with Crippen molar-refractivity contribution in [3.8, 4) is 0 Å². The fourth-order valence-electron chi connectivity index (χ4n) is 1.31. The highest BCUT2D eigenvalue weighted by atomic mass is 16.5. The van der Waals surface area contributed by atoms with E-state index in [4.69, 9.17) is 9.47 Å². The summed E-state index contributed by atoms with van der Waals surface area (Å²) >= 11 is 0. The standard InChI is InChI=1S/C11H15NO4/c1-3-15-10(13)5-8-6-12-7-9(8)11(14)16-4-2/h6-7,12H,3-5H2,1-2H3. The number of carbonyl (C=O) groups is 2. The van der Waals surface area contributed by atoms with E-state index in [1.165, 1.54) is 6.20 Å². The van der Waals surface area contributed by atoms with Crippen molar-refractivity contribution >= 4 is 11.9 Å². The molecule has 0 aliphatic rings. The lowest BCUT2D eigenvalue weighted by atomic mass is 10.1. The number of nitrogens with one attached hydrogen (secondary N) is 1. The van der Waals surface area contributed by atoms with Crippen LogP contribution in [0.3, 0.4) is 0 Å². The molecule has 0 atom stereocenters. The molecular formula is C11H15NO4. The maximum Gasteiger partial charge on any atom is 0.339 e. The Labute approximate surface area is 93.7 Å². The predicted octanol–water partition coefficient (Wildman–Crippen LogP) is 1.30. The van der Waals surface area contributed by atoms with Gasteiger partial charge in [0.25, 0.3) is 0 Å². The number of hydrogen-bond acceptors (Lipinski definition) is 4. The number of ether oxygens (including phenoxy) is 2. The molecule has 0 fully saturated rings. The van der Waals surface area contributed by atoms with Gasteiger partial charge in [0.15, 0.2) is 0 Å². The Hall–Kier alpha value is -1.78. The second kappa shape index (κ2) is 5.95. The first kappa shape index (κ1) is 12.3. The van der Waals surface area contributed by atoms with Crippen molar-refractivity contribution in [1.29, 1.82) is 0 Å². The Balaban J connectivity index is 2.70. The lowest BCUT2D eigenvalue weighted by Gasteiger charge is -2.03. The zero-order valence-corrected chi connectivity index (χ0v) is 9.41. The first-order chi connectivity index (χ1) is 7.69. The summed E-state index contributed by atoms with van der Waals surface area (Å²) in [6.45, 7) is 4.11. The van der Waals surface area contributed by atoms with Crippen molar-refractivity contribution in [2.24, 2.45) is 0 Å². The monoisotopic (exact) mass is 225 g/mol. The van der Waals surface area contributed by atoms with Crippen LogP contribution >= 0.6 is 0 Å². The molecule has 1 N–H and O–H groups in total. The van der Waals surface area contributed by atoms with Crippen molar-refractivity contribution in [3.05, 3.63) is 23.5 Å². The van der Waals surface area contributed by atoms with Crippen LogP contribution in [0, 0.1) is 0 Å². The third-order valence-corrected chi connectivity index (χ3v) is 1.97. The summed E-state index contributed by atoms with van der Waals surface area (Å²) in [7, 11) is 0. The van der Waals surface area contributed by atoms with Crippen LogP contribution in [0.4, 0.5) is 0 Å². The molecular weight excluding hydrogens is 210 g/mol. The van der Waals surface area contributed by atoms with Crippen LogP contribution in [0.2, 0.25) is 0 Å². The van der Waals surface area contributed by atoms with Gasteiger partial charge in [0.05, 0.1) is 25.2 Å². The Morgan fingerprint density at radius 1 is 1.19 bits per heavy atom. The molecule has 0 spiro atoms. The van der Waals surface area contributed by atoms with Crippen LogP contribution < -0.4 is 0 Å². The lowest BCUT2D eigenvalue weighted by Crippen LogP contribution is -2.11. The van der Waals surface area contributed by atoms with Crippen LogP contribution in [0.5, 0.6) is 0 Å². The molecule has 5 heteroatoms. The van der Waals surface area contributed by atoms with Crippen LogP contribution in [0.25, 0.3) is 0 Å². The van der Waals surface area contributed by atoms with E-state index in [1.54, 1.807) is 20.0 Å². The van der Waals surface area contributed by atoms with Crippen LogP contribution in [-0.2, 0) is 20.7 Å². The molecule has 0 aliphatic carbocycles. The second-order valence-electron chi connectivity index (χ2n) is 3.10. The molecule has 88 valence electrons. The topological polar surface area (TPSA) is 68.4 Å². The van der Waals surface area contributed by atoms with E-state index in [0.29, 0.717) is 24.3 Å². The number of carbonyl (C=O) groups excluding carboxylic acids is 2. The van der Waals surface area contributed by atoms with Crippen LogP contribution in [-0.4, -0.2) is 30.1 Å². The summed E-state index contributed by atoms with van der Waals surface area (Å²) in [6, 6.07) is 0. The molecule has 0 saturated heterocycles. The number of rotatable bonds is 5. The molecule has 0 amide bonds. The van der Waals surface area contributed by atoms with E-state index in [2.05, 4.69) is 4.98 Å². The molecule has 1 heterocycles. The minimum atomic E-state index is -0.428. The highest BCUT2D eigenvalue weighted by Gasteiger charge is 2.16. The number of H-pyrrole nitrogens is 1. The Morgan fingerprint density at radius 2 is 1.88 bits per heavy atom. The molecule has 0 radical (unpaired) electrons. The van der Waals surface area contributed by atoms with Gasteiger partial charge in [-0.1, -0.05) is 0 Å². The van der Waals surface area contributed by atoms with Crippen LogP contribution in [0.15, 0.2) is 12.4 Å². The molecule has 1 rings (SSSR count). The maximum absolute atomic E-state index is 11.5. The highest BCUT2D eigenvalue weighted by Crippen LogP contribution is 2.11. The molecule has 5 nitrogen and oxygen atoms in total. The molecule has 1 aromatic rings. The molecule has 0 bridgehead atoms. The van der Waals surface area contributed by atoms with Crippen molar-refractivity contribution in [1.82, 2.24) is 4.98 Å². The van der Waals surface area contributed by atoms with Gasteiger partial charge >= 0.3 is 11.9 Å². The molecule has 0 saturated carbocycles. The van der Waals surface area contributed by atoms with E-state index in [9.17, 15) is 9.59 Å². The van der Waals surface area contributed by atoms with Gasteiger partial charge in [-0.3, -0.25) is 4.79 Å². The largest absolute Gasteiger partial charge is 0.466 e. The minimum absolute atomic E-state index is 0.0749. The molecule has 1 aromatic heterocycles. The fraction of sp³-hybridized carbons (Fsp3) is 0.455. The number of aromatic nitrogens is 1. The number of aromatic amines is 1. The minimum Gasteiger partial charge on any atom is -0.466 e. The molecule has 16 heavy (non-hydrogen) atoms. The van der Waals surface area contributed by atoms with Crippen molar-refractivity contribution in [3.63, 3.8) is 0 Å². The van der Waals surface area contributed by atoms with Crippen molar-refractivity contribution in [2.45, 2.75) is 20.3 Å². The van der Waals surface area contributed by atoms with Gasteiger partial charge in [0.1, 0.15) is 0 Å². The summed E-state index contributed by atoms with van der Waals surface area (Å²) in [5.41, 5.74) is 0.979. The second-order valence-corrected chi connectivity index (χ2v) is 3.10. The average molecular weight is 225 g/mol. The first-order valence-electron chi connectivity index (χ1n) is 5.17. The van der Waals surface area contributed by atoms with E-state index < -0.39 is 5.97 Å². The molecule has 0 unspecified atom stereocenters. The van der Waals surface area contributed by atoms with E-state index >= 15 is 0 Å². The average Bonchev–Trinajstić information content (AvgIpc) is 2.66. The van der Waals surface area contributed by atoms with Crippen LogP contribution in [0.1, 0.15) is 29.8 Å². The molecule has 0 aliphatic heterocycles. The number of esters is 2. The summed E-state index contributed by atoms with van der Waals surface area (Å²) < 4.78 is 9.66. The normalized spacial score (nSPS) is 9.88. The van der Waals surface area contributed by atoms with Gasteiger partial charge in [0.2, 0.25) is 0 Å². The Kier molecular flexibility index (Phi) is 4.57. The third-order valence-electron chi connectivity index (χ3n) is 1.97. The summed E-state index contributed by atoms with van der Waals surface area (Å²) in [5.74, 6) is -0.782. The predicted molar refractivity (Wildman–Crippen MR) is 57.1 cm³/mol. The van der Waals surface area contributed by atoms with Gasteiger partial charge in [-0.2, -0.15) is 0 Å². The zero-order valence-electron chi connectivity index (χ0n) is 9.41. The Morgan fingerprint density at radius 3 is 2.50 bits per heavy atom. The summed E-state index contributed by atoms with van der Waals surface area (Å²) in [6.07, 6.45) is 3.20. The van der Waals surface area contributed by atoms with Gasteiger partial charge in [-0.05, 0) is 19.4 Å². The van der Waals surface area contributed by atoms with Crippen molar-refractivity contribution in [2.75, 3.05) is 13.2 Å². The highest BCUT2D eigenvalue weighted by molar-refractivity contribution is 5.92. The summed E-state index contributed by atoms with van der Waals surface area (Å²) in [5, 5.41) is 0.